The Morgan fingerprint density at radius 1 is 1.00 bits per heavy atom. The molecule has 22 heavy (non-hydrogen) atoms. The molecule has 114 valence electrons. The van der Waals surface area contributed by atoms with E-state index in [-0.39, 0.29) is 0 Å². The van der Waals surface area contributed by atoms with E-state index in [2.05, 4.69) is 9.72 Å². The minimum Gasteiger partial charge on any atom is -0.465 e. The molecule has 0 amide bonds. The average Bonchev–Trinajstić information content (AvgIpc) is 2.54. The summed E-state index contributed by atoms with van der Waals surface area (Å²) >= 11 is 0. The molecule has 2 aromatic rings. The summed E-state index contributed by atoms with van der Waals surface area (Å²) in [6.45, 7) is 0. The molecule has 0 aliphatic carbocycles. The first-order chi connectivity index (χ1) is 10.5. The third kappa shape index (κ3) is 3.60. The van der Waals surface area contributed by atoms with Gasteiger partial charge in [0.1, 0.15) is 11.6 Å². The molecule has 0 N–H and O–H groups in total. The maximum Gasteiger partial charge on any atom is 0.343 e. The molecule has 0 aliphatic rings. The zero-order valence-corrected chi connectivity index (χ0v) is 12.6. The van der Waals surface area contributed by atoms with Crippen molar-refractivity contribution >= 4 is 17.8 Å². The Balaban J connectivity index is 2.12. The van der Waals surface area contributed by atoms with Gasteiger partial charge in [0, 0.05) is 20.3 Å². The molecule has 1 aromatic carbocycles. The van der Waals surface area contributed by atoms with Crippen LogP contribution in [0.5, 0.6) is 5.75 Å². The maximum atomic E-state index is 12.1. The van der Waals surface area contributed by atoms with E-state index in [1.165, 1.54) is 31.4 Å². The Labute approximate surface area is 128 Å². The Morgan fingerprint density at radius 2 is 1.68 bits per heavy atom. The topological polar surface area (TPSA) is 68.7 Å². The number of anilines is 1. The predicted octanol–water partition coefficient (Wildman–Crippen LogP) is 2.15. The predicted molar refractivity (Wildman–Crippen MR) is 81.3 cm³/mol. The molecule has 0 atom stereocenters. The summed E-state index contributed by atoms with van der Waals surface area (Å²) in [5.74, 6) is 0.0790. The van der Waals surface area contributed by atoms with Crippen molar-refractivity contribution in [1.82, 2.24) is 4.98 Å². The van der Waals surface area contributed by atoms with E-state index in [0.29, 0.717) is 22.7 Å². The molecule has 0 saturated heterocycles. The highest BCUT2D eigenvalue weighted by Crippen LogP contribution is 2.16. The molecular formula is C16H16N2O4. The third-order valence-electron chi connectivity index (χ3n) is 2.93. The number of ether oxygens (including phenoxy) is 2. The summed E-state index contributed by atoms with van der Waals surface area (Å²) in [5, 5.41) is 0. The van der Waals surface area contributed by atoms with Crippen LogP contribution in [0.15, 0.2) is 42.6 Å². The van der Waals surface area contributed by atoms with Gasteiger partial charge in [0.2, 0.25) is 0 Å². The van der Waals surface area contributed by atoms with Crippen LogP contribution < -0.4 is 9.64 Å². The van der Waals surface area contributed by atoms with Gasteiger partial charge in [-0.15, -0.1) is 0 Å². The first-order valence-electron chi connectivity index (χ1n) is 6.55. The molecule has 0 bridgehead atoms. The summed E-state index contributed by atoms with van der Waals surface area (Å²) in [7, 11) is 4.98. The van der Waals surface area contributed by atoms with Crippen molar-refractivity contribution < 1.29 is 19.1 Å². The number of aromatic nitrogens is 1. The van der Waals surface area contributed by atoms with Gasteiger partial charge < -0.3 is 14.4 Å². The first-order valence-corrected chi connectivity index (χ1v) is 6.55. The second kappa shape index (κ2) is 6.71. The number of esters is 2. The summed E-state index contributed by atoms with van der Waals surface area (Å²) < 4.78 is 9.87. The summed E-state index contributed by atoms with van der Waals surface area (Å²) in [6, 6.07) is 9.37. The van der Waals surface area contributed by atoms with Crippen LogP contribution in [0.1, 0.15) is 20.7 Å². The Bertz CT molecular complexity index is 681. The van der Waals surface area contributed by atoms with E-state index in [9.17, 15) is 9.59 Å². The highest BCUT2D eigenvalue weighted by Gasteiger charge is 2.11. The number of carbonyl (C=O) groups excluding carboxylic acids is 2. The smallest absolute Gasteiger partial charge is 0.343 e. The lowest BCUT2D eigenvalue weighted by molar-refractivity contribution is 0.0600. The van der Waals surface area contributed by atoms with Gasteiger partial charge in [0.15, 0.2) is 0 Å². The van der Waals surface area contributed by atoms with Crippen LogP contribution >= 0.6 is 0 Å². The van der Waals surface area contributed by atoms with E-state index in [1.54, 1.807) is 23.2 Å². The lowest BCUT2D eigenvalue weighted by atomic mass is 10.2. The van der Waals surface area contributed by atoms with Crippen LogP contribution in [-0.2, 0) is 4.74 Å². The van der Waals surface area contributed by atoms with Gasteiger partial charge in [-0.05, 0) is 36.4 Å². The molecule has 0 aliphatic heterocycles. The highest BCUT2D eigenvalue weighted by atomic mass is 16.5. The molecule has 1 aromatic heterocycles. The summed E-state index contributed by atoms with van der Waals surface area (Å²) in [4.78, 5) is 29.4. The van der Waals surface area contributed by atoms with Crippen LogP contribution in [0.2, 0.25) is 0 Å². The van der Waals surface area contributed by atoms with Crippen molar-refractivity contribution in [1.29, 1.82) is 0 Å². The van der Waals surface area contributed by atoms with E-state index in [1.807, 2.05) is 14.1 Å². The number of nitrogens with zero attached hydrogens (tertiary/aromatic N) is 2. The van der Waals surface area contributed by atoms with Gasteiger partial charge in [-0.2, -0.15) is 0 Å². The Kier molecular flexibility index (Phi) is 4.73. The van der Waals surface area contributed by atoms with Crippen molar-refractivity contribution in [3.63, 3.8) is 0 Å². The number of pyridine rings is 1. The normalized spacial score (nSPS) is 9.95. The van der Waals surface area contributed by atoms with Crippen molar-refractivity contribution in [2.24, 2.45) is 0 Å². The van der Waals surface area contributed by atoms with Crippen molar-refractivity contribution in [2.75, 3.05) is 26.1 Å². The van der Waals surface area contributed by atoms with Gasteiger partial charge >= 0.3 is 11.9 Å². The molecule has 0 radical (unpaired) electrons. The Morgan fingerprint density at radius 3 is 2.27 bits per heavy atom. The van der Waals surface area contributed by atoms with Crippen molar-refractivity contribution in [3.05, 3.63) is 53.7 Å². The van der Waals surface area contributed by atoms with Crippen LogP contribution in [0.4, 0.5) is 5.82 Å². The molecule has 1 heterocycles. The molecule has 0 unspecified atom stereocenters. The molecular weight excluding hydrogens is 284 g/mol. The van der Waals surface area contributed by atoms with E-state index >= 15 is 0 Å². The standard InChI is InChI=1S/C16H16N2O4/c1-18(2)14-10-12(8-9-17-14)16(20)22-13-6-4-11(5-7-13)15(19)21-3/h4-10H,1-3H3. The second-order valence-electron chi connectivity index (χ2n) is 4.70. The lowest BCUT2D eigenvalue weighted by Gasteiger charge is -2.11. The fraction of sp³-hybridized carbons (Fsp3) is 0.188. The monoisotopic (exact) mass is 300 g/mol. The summed E-state index contributed by atoms with van der Waals surface area (Å²) in [5.41, 5.74) is 0.789. The minimum absolute atomic E-state index is 0.348. The second-order valence-corrected chi connectivity index (χ2v) is 4.70. The SMILES string of the molecule is COC(=O)c1ccc(OC(=O)c2ccnc(N(C)C)c2)cc1. The number of methoxy groups -OCH3 is 1. The van der Waals surface area contributed by atoms with Crippen LogP contribution in [-0.4, -0.2) is 38.1 Å². The lowest BCUT2D eigenvalue weighted by Crippen LogP contribution is -2.13. The van der Waals surface area contributed by atoms with Gasteiger partial charge in [0.05, 0.1) is 18.2 Å². The first kappa shape index (κ1) is 15.5. The maximum absolute atomic E-state index is 12.1. The third-order valence-corrected chi connectivity index (χ3v) is 2.93. The van der Waals surface area contributed by atoms with Gasteiger partial charge in [-0.1, -0.05) is 0 Å². The quantitative estimate of drug-likeness (QED) is 0.636. The zero-order valence-electron chi connectivity index (χ0n) is 12.6. The number of hydrogen-bond donors (Lipinski definition) is 0. The molecule has 2 rings (SSSR count). The number of rotatable bonds is 4. The molecule has 0 fully saturated rings. The summed E-state index contributed by atoms with van der Waals surface area (Å²) in [6.07, 6.45) is 1.55. The van der Waals surface area contributed by atoms with E-state index in [4.69, 9.17) is 4.74 Å². The van der Waals surface area contributed by atoms with Gasteiger partial charge in [-0.25, -0.2) is 14.6 Å². The fourth-order valence-corrected chi connectivity index (χ4v) is 1.73. The average molecular weight is 300 g/mol. The number of hydrogen-bond acceptors (Lipinski definition) is 6. The van der Waals surface area contributed by atoms with Crippen molar-refractivity contribution in [3.8, 4) is 5.75 Å². The van der Waals surface area contributed by atoms with Crippen LogP contribution in [0.25, 0.3) is 0 Å². The number of benzene rings is 1. The highest BCUT2D eigenvalue weighted by molar-refractivity contribution is 5.92. The molecule has 0 spiro atoms. The van der Waals surface area contributed by atoms with Crippen molar-refractivity contribution in [2.45, 2.75) is 0 Å². The van der Waals surface area contributed by atoms with E-state index < -0.39 is 11.9 Å². The van der Waals surface area contributed by atoms with Crippen LogP contribution in [0, 0.1) is 0 Å². The zero-order chi connectivity index (χ0) is 16.1. The van der Waals surface area contributed by atoms with E-state index in [0.717, 1.165) is 0 Å². The van der Waals surface area contributed by atoms with Crippen LogP contribution in [0.3, 0.4) is 0 Å². The number of carbonyl (C=O) groups is 2. The minimum atomic E-state index is -0.490. The Hall–Kier alpha value is -2.89. The molecule has 0 saturated carbocycles. The fourth-order valence-electron chi connectivity index (χ4n) is 1.73. The van der Waals surface area contributed by atoms with Gasteiger partial charge in [-0.3, -0.25) is 0 Å². The molecule has 6 heteroatoms. The largest absolute Gasteiger partial charge is 0.465 e. The molecule has 6 nitrogen and oxygen atoms in total. The van der Waals surface area contributed by atoms with Gasteiger partial charge in [0.25, 0.3) is 0 Å².